The van der Waals surface area contributed by atoms with E-state index in [0.29, 0.717) is 0 Å². The van der Waals surface area contributed by atoms with Crippen molar-refractivity contribution in [2.75, 3.05) is 14.1 Å². The van der Waals surface area contributed by atoms with E-state index in [-0.39, 0.29) is 0 Å². The lowest BCUT2D eigenvalue weighted by atomic mass is 10.4. The molecular weight excluding hydrogens is 134 g/mol. The van der Waals surface area contributed by atoms with Crippen LogP contribution in [0.5, 0.6) is 0 Å². The van der Waals surface area contributed by atoms with E-state index < -0.39 is 11.6 Å². The summed E-state index contributed by atoms with van der Waals surface area (Å²) in [5.74, 6) is -0.606. The zero-order chi connectivity index (χ0) is 8.15. The van der Waals surface area contributed by atoms with Gasteiger partial charge in [-0.15, -0.1) is 0 Å². The molecule has 0 atom stereocenters. The number of nitrogens with zero attached hydrogens (tertiary/aromatic N) is 3. The molecule has 0 aromatic carbocycles. The molecule has 10 heavy (non-hydrogen) atoms. The van der Waals surface area contributed by atoms with Gasteiger partial charge in [-0.2, -0.15) is 5.26 Å². The maximum Gasteiger partial charge on any atom is 0.286 e. The zero-order valence-electron chi connectivity index (χ0n) is 5.70. The molecule has 0 aliphatic rings. The molecule has 0 saturated heterocycles. The Morgan fingerprint density at radius 2 is 2.20 bits per heavy atom. The molecule has 0 fully saturated rings. The molecule has 0 heterocycles. The van der Waals surface area contributed by atoms with Crippen molar-refractivity contribution in [2.24, 2.45) is 5.16 Å². The number of oxime groups is 1. The van der Waals surface area contributed by atoms with E-state index in [0.717, 1.165) is 4.90 Å². The van der Waals surface area contributed by atoms with E-state index in [9.17, 15) is 4.79 Å². The SMILES string of the molecule is CN(C)C(=O)/C(C#N)=N/O. The molecule has 0 aromatic heterocycles. The van der Waals surface area contributed by atoms with Gasteiger partial charge in [-0.3, -0.25) is 4.79 Å². The van der Waals surface area contributed by atoms with Crippen LogP contribution in [0.15, 0.2) is 5.16 Å². The summed E-state index contributed by atoms with van der Waals surface area (Å²) in [5.41, 5.74) is -0.509. The molecule has 1 N–H and O–H groups in total. The monoisotopic (exact) mass is 141 g/mol. The summed E-state index contributed by atoms with van der Waals surface area (Å²) in [6.45, 7) is 0. The van der Waals surface area contributed by atoms with Crippen LogP contribution >= 0.6 is 0 Å². The lowest BCUT2D eigenvalue weighted by Gasteiger charge is -2.05. The smallest absolute Gasteiger partial charge is 0.286 e. The highest BCUT2D eigenvalue weighted by Gasteiger charge is 2.12. The fraction of sp³-hybridized carbons (Fsp3) is 0.400. The van der Waals surface area contributed by atoms with E-state index in [2.05, 4.69) is 5.16 Å². The molecule has 5 heteroatoms. The average Bonchev–Trinajstić information content (AvgIpc) is 1.90. The molecule has 1 amide bonds. The largest absolute Gasteiger partial charge is 0.410 e. The number of hydrogen-bond donors (Lipinski definition) is 1. The highest BCUT2D eigenvalue weighted by molar-refractivity contribution is 6.44. The third-order valence-corrected chi connectivity index (χ3v) is 0.815. The third kappa shape index (κ3) is 1.74. The summed E-state index contributed by atoms with van der Waals surface area (Å²) in [6, 6.07) is 1.44. The van der Waals surface area contributed by atoms with Crippen molar-refractivity contribution in [3.63, 3.8) is 0 Å². The zero-order valence-corrected chi connectivity index (χ0v) is 5.70. The molecule has 0 aliphatic heterocycles. The Hall–Kier alpha value is -1.57. The number of nitriles is 1. The van der Waals surface area contributed by atoms with Gasteiger partial charge < -0.3 is 10.1 Å². The van der Waals surface area contributed by atoms with Crippen molar-refractivity contribution < 1.29 is 10.0 Å². The van der Waals surface area contributed by atoms with Crippen LogP contribution in [0.25, 0.3) is 0 Å². The predicted molar refractivity (Wildman–Crippen MR) is 33.5 cm³/mol. The topological polar surface area (TPSA) is 76.7 Å². The van der Waals surface area contributed by atoms with Gasteiger partial charge >= 0.3 is 0 Å². The normalized spacial score (nSPS) is 10.3. The quantitative estimate of drug-likeness (QED) is 0.302. The second kappa shape index (κ2) is 3.45. The Morgan fingerprint density at radius 3 is 2.30 bits per heavy atom. The first-order valence-corrected chi connectivity index (χ1v) is 2.47. The number of hydrogen-bond acceptors (Lipinski definition) is 4. The number of carbonyl (C=O) groups excluding carboxylic acids is 1. The van der Waals surface area contributed by atoms with Crippen molar-refractivity contribution in [2.45, 2.75) is 0 Å². The Morgan fingerprint density at radius 1 is 1.70 bits per heavy atom. The second-order valence-electron chi connectivity index (χ2n) is 1.76. The van der Waals surface area contributed by atoms with E-state index >= 15 is 0 Å². The highest BCUT2D eigenvalue weighted by atomic mass is 16.4. The van der Waals surface area contributed by atoms with Crippen LogP contribution in [-0.2, 0) is 4.79 Å². The fourth-order valence-corrected chi connectivity index (χ4v) is 0.325. The van der Waals surface area contributed by atoms with Gasteiger partial charge in [0.15, 0.2) is 0 Å². The predicted octanol–water partition coefficient (Wildman–Crippen LogP) is -0.572. The average molecular weight is 141 g/mol. The van der Waals surface area contributed by atoms with Crippen molar-refractivity contribution in [1.82, 2.24) is 4.90 Å². The van der Waals surface area contributed by atoms with Crippen molar-refractivity contribution in [1.29, 1.82) is 5.26 Å². The first-order valence-electron chi connectivity index (χ1n) is 2.47. The maximum absolute atomic E-state index is 10.7. The van der Waals surface area contributed by atoms with Gasteiger partial charge in [-0.05, 0) is 0 Å². The molecule has 0 bridgehead atoms. The minimum Gasteiger partial charge on any atom is -0.410 e. The molecular formula is C5H7N3O2. The molecule has 0 aromatic rings. The van der Waals surface area contributed by atoms with Gasteiger partial charge in [0.05, 0.1) is 0 Å². The van der Waals surface area contributed by atoms with Gasteiger partial charge in [-0.25, -0.2) is 0 Å². The molecule has 0 aliphatic carbocycles. The Balaban J connectivity index is 4.38. The summed E-state index contributed by atoms with van der Waals surface area (Å²) >= 11 is 0. The second-order valence-corrected chi connectivity index (χ2v) is 1.76. The van der Waals surface area contributed by atoms with Crippen LogP contribution in [0.4, 0.5) is 0 Å². The Kier molecular flexibility index (Phi) is 2.91. The van der Waals surface area contributed by atoms with Gasteiger partial charge in [0, 0.05) is 14.1 Å². The third-order valence-electron chi connectivity index (χ3n) is 0.815. The summed E-state index contributed by atoms with van der Waals surface area (Å²) in [7, 11) is 2.93. The van der Waals surface area contributed by atoms with E-state index in [1.54, 1.807) is 0 Å². The van der Waals surface area contributed by atoms with Crippen LogP contribution in [-0.4, -0.2) is 35.8 Å². The maximum atomic E-state index is 10.7. The Labute approximate surface area is 58.2 Å². The van der Waals surface area contributed by atoms with E-state index in [1.807, 2.05) is 0 Å². The number of carbonyl (C=O) groups is 1. The standard InChI is InChI=1S/C5H7N3O2/c1-8(2)5(9)4(3-6)7-10/h10H,1-2H3/b7-4+. The van der Waals surface area contributed by atoms with Crippen molar-refractivity contribution in [3.05, 3.63) is 0 Å². The summed E-state index contributed by atoms with van der Waals surface area (Å²) in [5, 5.41) is 18.7. The van der Waals surface area contributed by atoms with Crippen LogP contribution < -0.4 is 0 Å². The molecule has 0 radical (unpaired) electrons. The van der Waals surface area contributed by atoms with Gasteiger partial charge in [0.2, 0.25) is 5.71 Å². The molecule has 0 saturated carbocycles. The number of amides is 1. The minimum atomic E-state index is -0.606. The highest BCUT2D eigenvalue weighted by Crippen LogP contribution is 1.82. The Bertz CT molecular complexity index is 201. The molecule has 0 spiro atoms. The van der Waals surface area contributed by atoms with Crippen LogP contribution in [0, 0.1) is 11.3 Å². The van der Waals surface area contributed by atoms with Crippen LogP contribution in [0.3, 0.4) is 0 Å². The van der Waals surface area contributed by atoms with Crippen molar-refractivity contribution in [3.8, 4) is 6.07 Å². The summed E-state index contributed by atoms with van der Waals surface area (Å²) in [6.07, 6.45) is 0. The van der Waals surface area contributed by atoms with Gasteiger partial charge in [0.25, 0.3) is 5.91 Å². The lowest BCUT2D eigenvalue weighted by molar-refractivity contribution is -0.121. The lowest BCUT2D eigenvalue weighted by Crippen LogP contribution is -2.28. The van der Waals surface area contributed by atoms with E-state index in [4.69, 9.17) is 10.5 Å². The summed E-state index contributed by atoms with van der Waals surface area (Å²) in [4.78, 5) is 11.9. The minimum absolute atomic E-state index is 0.509. The van der Waals surface area contributed by atoms with Gasteiger partial charge in [-0.1, -0.05) is 5.16 Å². The fourth-order valence-electron chi connectivity index (χ4n) is 0.325. The summed E-state index contributed by atoms with van der Waals surface area (Å²) < 4.78 is 0. The van der Waals surface area contributed by atoms with Crippen molar-refractivity contribution >= 4 is 11.6 Å². The number of rotatable bonds is 1. The van der Waals surface area contributed by atoms with Crippen LogP contribution in [0.2, 0.25) is 0 Å². The van der Waals surface area contributed by atoms with Gasteiger partial charge in [0.1, 0.15) is 6.07 Å². The molecule has 5 nitrogen and oxygen atoms in total. The van der Waals surface area contributed by atoms with E-state index in [1.165, 1.54) is 20.2 Å². The molecule has 0 rings (SSSR count). The first kappa shape index (κ1) is 8.43. The first-order chi connectivity index (χ1) is 4.63. The van der Waals surface area contributed by atoms with Crippen LogP contribution in [0.1, 0.15) is 0 Å². The molecule has 0 unspecified atom stereocenters. The molecule has 54 valence electrons.